The van der Waals surface area contributed by atoms with E-state index in [9.17, 15) is 4.79 Å². The minimum Gasteiger partial charge on any atom is -0.497 e. The normalized spacial score (nSPS) is 12.2. The van der Waals surface area contributed by atoms with Crippen LogP contribution in [0.5, 0.6) is 5.75 Å². The smallest absolute Gasteiger partial charge is 0.141 e. The van der Waals surface area contributed by atoms with E-state index in [4.69, 9.17) is 4.74 Å². The number of ether oxygens (including phenoxy) is 1. The van der Waals surface area contributed by atoms with Crippen molar-refractivity contribution in [2.75, 3.05) is 7.11 Å². The van der Waals surface area contributed by atoms with Gasteiger partial charge in [0, 0.05) is 0 Å². The molecular weight excluding hydrogens is 320 g/mol. The SMILES string of the molecule is COc1ccc(C(C(C)=O)c2c3ccccc3cc3ccccc23)cc1. The molecule has 0 aliphatic rings. The molecule has 0 aliphatic carbocycles. The van der Waals surface area contributed by atoms with Crippen molar-refractivity contribution in [2.45, 2.75) is 12.8 Å². The molecule has 0 saturated carbocycles. The summed E-state index contributed by atoms with van der Waals surface area (Å²) in [7, 11) is 1.65. The molecule has 128 valence electrons. The summed E-state index contributed by atoms with van der Waals surface area (Å²) in [4.78, 5) is 12.8. The van der Waals surface area contributed by atoms with Crippen LogP contribution < -0.4 is 4.74 Å². The highest BCUT2D eigenvalue weighted by Gasteiger charge is 2.23. The predicted molar refractivity (Wildman–Crippen MR) is 107 cm³/mol. The highest BCUT2D eigenvalue weighted by molar-refractivity contribution is 6.06. The number of hydrogen-bond donors (Lipinski definition) is 0. The van der Waals surface area contributed by atoms with Gasteiger partial charge >= 0.3 is 0 Å². The van der Waals surface area contributed by atoms with E-state index >= 15 is 0 Å². The Morgan fingerprint density at radius 3 is 1.85 bits per heavy atom. The Hall–Kier alpha value is -3.13. The molecule has 0 saturated heterocycles. The second-order valence-corrected chi connectivity index (χ2v) is 6.55. The van der Waals surface area contributed by atoms with Gasteiger partial charge in [-0.25, -0.2) is 0 Å². The quantitative estimate of drug-likeness (QED) is 0.444. The standard InChI is InChI=1S/C24H20O2/c1-16(25)23(17-11-13-20(26-2)14-12-17)24-21-9-5-3-7-18(21)15-19-8-4-6-10-22(19)24/h3-15,23H,1-2H3. The van der Waals surface area contributed by atoms with E-state index in [1.54, 1.807) is 14.0 Å². The van der Waals surface area contributed by atoms with E-state index in [0.717, 1.165) is 38.4 Å². The molecule has 0 aromatic heterocycles. The van der Waals surface area contributed by atoms with Crippen LogP contribution in [0, 0.1) is 0 Å². The molecule has 2 nitrogen and oxygen atoms in total. The van der Waals surface area contributed by atoms with Gasteiger partial charge in [-0.2, -0.15) is 0 Å². The zero-order valence-corrected chi connectivity index (χ0v) is 14.9. The highest BCUT2D eigenvalue weighted by atomic mass is 16.5. The molecule has 26 heavy (non-hydrogen) atoms. The molecule has 0 radical (unpaired) electrons. The molecule has 2 heteroatoms. The molecule has 4 rings (SSSR count). The Labute approximate surface area is 153 Å². The zero-order valence-electron chi connectivity index (χ0n) is 14.9. The Bertz CT molecular complexity index is 1040. The summed E-state index contributed by atoms with van der Waals surface area (Å²) in [5, 5.41) is 4.56. The van der Waals surface area contributed by atoms with Gasteiger partial charge in [0.15, 0.2) is 0 Å². The number of hydrogen-bond acceptors (Lipinski definition) is 2. The minimum absolute atomic E-state index is 0.136. The fourth-order valence-electron chi connectivity index (χ4n) is 3.76. The summed E-state index contributed by atoms with van der Waals surface area (Å²) >= 11 is 0. The second kappa shape index (κ2) is 6.64. The Morgan fingerprint density at radius 1 is 0.808 bits per heavy atom. The van der Waals surface area contributed by atoms with E-state index < -0.39 is 0 Å². The Kier molecular flexibility index (Phi) is 4.18. The highest BCUT2D eigenvalue weighted by Crippen LogP contribution is 2.38. The molecular formula is C24H20O2. The van der Waals surface area contributed by atoms with Crippen LogP contribution in [-0.4, -0.2) is 12.9 Å². The number of ketones is 1. The Morgan fingerprint density at radius 2 is 1.35 bits per heavy atom. The van der Waals surface area contributed by atoms with Crippen LogP contribution in [0.4, 0.5) is 0 Å². The van der Waals surface area contributed by atoms with E-state index in [1.165, 1.54) is 0 Å². The number of carbonyl (C=O) groups is 1. The monoisotopic (exact) mass is 340 g/mol. The second-order valence-electron chi connectivity index (χ2n) is 6.55. The third kappa shape index (κ3) is 2.74. The van der Waals surface area contributed by atoms with E-state index in [1.807, 2.05) is 48.5 Å². The molecule has 0 aliphatic heterocycles. The third-order valence-corrected chi connectivity index (χ3v) is 4.96. The third-order valence-electron chi connectivity index (χ3n) is 4.96. The zero-order chi connectivity index (χ0) is 18.1. The van der Waals surface area contributed by atoms with Crippen molar-refractivity contribution < 1.29 is 9.53 Å². The van der Waals surface area contributed by atoms with Gasteiger partial charge in [0.2, 0.25) is 0 Å². The summed E-state index contributed by atoms with van der Waals surface area (Å²) in [5.41, 5.74) is 2.07. The molecule has 1 atom stereocenters. The molecule has 0 fully saturated rings. The van der Waals surface area contributed by atoms with Gasteiger partial charge in [-0.05, 0) is 57.8 Å². The van der Waals surface area contributed by atoms with Crippen LogP contribution in [0.2, 0.25) is 0 Å². The van der Waals surface area contributed by atoms with Crippen LogP contribution in [0.25, 0.3) is 21.5 Å². The van der Waals surface area contributed by atoms with Gasteiger partial charge in [0.1, 0.15) is 11.5 Å². The van der Waals surface area contributed by atoms with E-state index in [2.05, 4.69) is 30.3 Å². The first-order valence-corrected chi connectivity index (χ1v) is 8.74. The summed E-state index contributed by atoms with van der Waals surface area (Å²) in [6, 6.07) is 26.6. The summed E-state index contributed by atoms with van der Waals surface area (Å²) in [6.45, 7) is 1.67. The average molecular weight is 340 g/mol. The van der Waals surface area contributed by atoms with Crippen molar-refractivity contribution in [3.8, 4) is 5.75 Å². The molecule has 0 amide bonds. The maximum absolute atomic E-state index is 12.8. The minimum atomic E-state index is -0.308. The van der Waals surface area contributed by atoms with Gasteiger partial charge in [-0.15, -0.1) is 0 Å². The predicted octanol–water partition coefficient (Wildman–Crippen LogP) is 5.72. The number of benzene rings is 4. The summed E-state index contributed by atoms with van der Waals surface area (Å²) in [5.74, 6) is 0.618. The lowest BCUT2D eigenvalue weighted by Gasteiger charge is -2.20. The molecule has 0 N–H and O–H groups in total. The topological polar surface area (TPSA) is 26.3 Å². The molecule has 1 unspecified atom stereocenters. The average Bonchev–Trinajstić information content (AvgIpc) is 2.68. The lowest BCUT2D eigenvalue weighted by Crippen LogP contribution is -2.12. The van der Waals surface area contributed by atoms with Crippen LogP contribution in [0.1, 0.15) is 24.0 Å². The van der Waals surface area contributed by atoms with Gasteiger partial charge in [0.25, 0.3) is 0 Å². The molecule has 4 aromatic carbocycles. The molecule has 0 spiro atoms. The summed E-state index contributed by atoms with van der Waals surface area (Å²) < 4.78 is 5.27. The van der Waals surface area contributed by atoms with Crippen LogP contribution in [0.3, 0.4) is 0 Å². The fraction of sp³-hybridized carbons (Fsp3) is 0.125. The van der Waals surface area contributed by atoms with Gasteiger partial charge < -0.3 is 4.74 Å². The fourth-order valence-corrected chi connectivity index (χ4v) is 3.76. The van der Waals surface area contributed by atoms with Crippen molar-refractivity contribution >= 4 is 27.3 Å². The largest absolute Gasteiger partial charge is 0.497 e. The molecule has 0 bridgehead atoms. The van der Waals surface area contributed by atoms with Crippen molar-refractivity contribution in [1.82, 2.24) is 0 Å². The lowest BCUT2D eigenvalue weighted by atomic mass is 9.82. The number of Topliss-reactive ketones (excluding diaryl/α,β-unsaturated/α-hetero) is 1. The number of carbonyl (C=O) groups excluding carboxylic acids is 1. The Balaban J connectivity index is 2.05. The first-order chi connectivity index (χ1) is 12.7. The van der Waals surface area contributed by atoms with Gasteiger partial charge in [-0.3, -0.25) is 4.79 Å². The number of fused-ring (bicyclic) bond motifs is 2. The van der Waals surface area contributed by atoms with Crippen molar-refractivity contribution in [3.05, 3.63) is 90.0 Å². The molecule has 0 heterocycles. The van der Waals surface area contributed by atoms with Crippen molar-refractivity contribution in [1.29, 1.82) is 0 Å². The first-order valence-electron chi connectivity index (χ1n) is 8.74. The van der Waals surface area contributed by atoms with E-state index in [0.29, 0.717) is 0 Å². The van der Waals surface area contributed by atoms with Crippen LogP contribution in [0.15, 0.2) is 78.9 Å². The maximum atomic E-state index is 12.8. The van der Waals surface area contributed by atoms with Crippen LogP contribution >= 0.6 is 0 Å². The lowest BCUT2D eigenvalue weighted by molar-refractivity contribution is -0.117. The molecule has 4 aromatic rings. The van der Waals surface area contributed by atoms with Crippen LogP contribution in [-0.2, 0) is 4.79 Å². The maximum Gasteiger partial charge on any atom is 0.141 e. The van der Waals surface area contributed by atoms with E-state index in [-0.39, 0.29) is 11.7 Å². The first kappa shape index (κ1) is 16.3. The summed E-state index contributed by atoms with van der Waals surface area (Å²) in [6.07, 6.45) is 0. The van der Waals surface area contributed by atoms with Crippen molar-refractivity contribution in [3.63, 3.8) is 0 Å². The number of rotatable bonds is 4. The van der Waals surface area contributed by atoms with Gasteiger partial charge in [-0.1, -0.05) is 60.7 Å². The van der Waals surface area contributed by atoms with Gasteiger partial charge in [0.05, 0.1) is 13.0 Å². The van der Waals surface area contributed by atoms with Crippen molar-refractivity contribution in [2.24, 2.45) is 0 Å². The number of methoxy groups -OCH3 is 1.